The topological polar surface area (TPSA) is 86.7 Å². The SMILES string of the molecule is CCNC(=O)C1CCN(C(=O)CC(=O)O)CC1. The van der Waals surface area contributed by atoms with Gasteiger partial charge in [-0.05, 0) is 19.8 Å². The van der Waals surface area contributed by atoms with E-state index in [1.165, 1.54) is 4.90 Å². The quantitative estimate of drug-likeness (QED) is 0.670. The number of aliphatic carboxylic acids is 1. The van der Waals surface area contributed by atoms with E-state index in [0.29, 0.717) is 32.5 Å². The highest BCUT2D eigenvalue weighted by Gasteiger charge is 2.27. The highest BCUT2D eigenvalue weighted by atomic mass is 16.4. The summed E-state index contributed by atoms with van der Waals surface area (Å²) in [5.74, 6) is -1.51. The van der Waals surface area contributed by atoms with Crippen LogP contribution in [-0.2, 0) is 14.4 Å². The standard InChI is InChI=1S/C11H18N2O4/c1-2-12-11(17)8-3-5-13(6-4-8)9(14)7-10(15)16/h8H,2-7H2,1H3,(H,12,17)(H,15,16). The number of carbonyl (C=O) groups is 3. The Hall–Kier alpha value is -1.59. The molecule has 0 aliphatic carbocycles. The van der Waals surface area contributed by atoms with Gasteiger partial charge in [-0.3, -0.25) is 14.4 Å². The fraction of sp³-hybridized carbons (Fsp3) is 0.727. The summed E-state index contributed by atoms with van der Waals surface area (Å²) in [5, 5.41) is 11.3. The second-order valence-electron chi connectivity index (χ2n) is 4.12. The Labute approximate surface area is 100.0 Å². The highest BCUT2D eigenvalue weighted by Crippen LogP contribution is 2.17. The van der Waals surface area contributed by atoms with Gasteiger partial charge in [0.1, 0.15) is 6.42 Å². The van der Waals surface area contributed by atoms with Crippen LogP contribution in [0, 0.1) is 5.92 Å². The summed E-state index contributed by atoms with van der Waals surface area (Å²) in [6.45, 7) is 3.40. The zero-order valence-electron chi connectivity index (χ0n) is 9.94. The van der Waals surface area contributed by atoms with E-state index in [4.69, 9.17) is 5.11 Å². The van der Waals surface area contributed by atoms with Gasteiger partial charge in [-0.15, -0.1) is 0 Å². The largest absolute Gasteiger partial charge is 0.481 e. The van der Waals surface area contributed by atoms with Crippen LogP contribution in [-0.4, -0.2) is 47.4 Å². The summed E-state index contributed by atoms with van der Waals surface area (Å²) in [6.07, 6.45) is 0.750. The average Bonchev–Trinajstić information content (AvgIpc) is 2.28. The van der Waals surface area contributed by atoms with E-state index in [0.717, 1.165) is 0 Å². The molecule has 1 saturated heterocycles. The lowest BCUT2D eigenvalue weighted by atomic mass is 9.95. The molecule has 96 valence electrons. The molecule has 1 rings (SSSR count). The summed E-state index contributed by atoms with van der Waals surface area (Å²) < 4.78 is 0. The Morgan fingerprint density at radius 2 is 1.88 bits per heavy atom. The Morgan fingerprint density at radius 1 is 1.29 bits per heavy atom. The first-order chi connectivity index (χ1) is 8.04. The lowest BCUT2D eigenvalue weighted by Crippen LogP contribution is -2.43. The van der Waals surface area contributed by atoms with Gasteiger partial charge in [-0.2, -0.15) is 0 Å². The van der Waals surface area contributed by atoms with Crippen LogP contribution in [0.2, 0.25) is 0 Å². The second-order valence-corrected chi connectivity index (χ2v) is 4.12. The lowest BCUT2D eigenvalue weighted by Gasteiger charge is -2.31. The Bertz CT molecular complexity index is 309. The van der Waals surface area contributed by atoms with Gasteiger partial charge in [0.15, 0.2) is 0 Å². The number of hydrogen-bond donors (Lipinski definition) is 2. The molecule has 0 aromatic rings. The summed E-state index contributed by atoms with van der Waals surface area (Å²) >= 11 is 0. The number of likely N-dealkylation sites (tertiary alicyclic amines) is 1. The first-order valence-electron chi connectivity index (χ1n) is 5.81. The monoisotopic (exact) mass is 242 g/mol. The number of hydrogen-bond acceptors (Lipinski definition) is 3. The van der Waals surface area contributed by atoms with Gasteiger partial charge in [0, 0.05) is 25.6 Å². The van der Waals surface area contributed by atoms with Crippen molar-refractivity contribution in [2.45, 2.75) is 26.2 Å². The Kier molecular flexibility index (Phi) is 4.93. The number of nitrogens with zero attached hydrogens (tertiary/aromatic N) is 1. The van der Waals surface area contributed by atoms with Crippen molar-refractivity contribution in [3.63, 3.8) is 0 Å². The predicted octanol–water partition coefficient (Wildman–Crippen LogP) is -0.164. The number of piperidine rings is 1. The molecule has 2 amide bonds. The molecule has 0 saturated carbocycles. The molecule has 6 nitrogen and oxygen atoms in total. The Morgan fingerprint density at radius 3 is 2.35 bits per heavy atom. The van der Waals surface area contributed by atoms with Crippen LogP contribution in [0.3, 0.4) is 0 Å². The van der Waals surface area contributed by atoms with Crippen LogP contribution < -0.4 is 5.32 Å². The first kappa shape index (κ1) is 13.5. The van der Waals surface area contributed by atoms with E-state index in [1.54, 1.807) is 0 Å². The predicted molar refractivity (Wildman–Crippen MR) is 60.2 cm³/mol. The van der Waals surface area contributed by atoms with Crippen molar-refractivity contribution in [2.75, 3.05) is 19.6 Å². The van der Waals surface area contributed by atoms with Gasteiger partial charge in [-0.1, -0.05) is 0 Å². The molecule has 2 N–H and O–H groups in total. The van der Waals surface area contributed by atoms with Gasteiger partial charge in [0.2, 0.25) is 11.8 Å². The van der Waals surface area contributed by atoms with Gasteiger partial charge in [0.05, 0.1) is 0 Å². The molecule has 1 fully saturated rings. The van der Waals surface area contributed by atoms with Crippen LogP contribution in [0.1, 0.15) is 26.2 Å². The molecule has 0 radical (unpaired) electrons. The van der Waals surface area contributed by atoms with Crippen LogP contribution in [0.25, 0.3) is 0 Å². The van der Waals surface area contributed by atoms with Crippen LogP contribution in [0.4, 0.5) is 0 Å². The number of amides is 2. The molecule has 0 bridgehead atoms. The maximum atomic E-state index is 11.5. The molecule has 0 atom stereocenters. The zero-order chi connectivity index (χ0) is 12.8. The lowest BCUT2D eigenvalue weighted by molar-refractivity contribution is -0.145. The first-order valence-corrected chi connectivity index (χ1v) is 5.81. The normalized spacial score (nSPS) is 16.6. The fourth-order valence-electron chi connectivity index (χ4n) is 1.95. The fourth-order valence-corrected chi connectivity index (χ4v) is 1.95. The van der Waals surface area contributed by atoms with Crippen molar-refractivity contribution in [3.8, 4) is 0 Å². The maximum absolute atomic E-state index is 11.5. The molecule has 17 heavy (non-hydrogen) atoms. The molecule has 0 aromatic heterocycles. The molecule has 0 spiro atoms. The summed E-state index contributed by atoms with van der Waals surface area (Å²) in [4.78, 5) is 34.9. The van der Waals surface area contributed by atoms with Gasteiger partial charge in [-0.25, -0.2) is 0 Å². The summed E-state index contributed by atoms with van der Waals surface area (Å²) in [5.41, 5.74) is 0. The third-order valence-corrected chi connectivity index (χ3v) is 2.87. The zero-order valence-corrected chi connectivity index (χ0v) is 9.94. The van der Waals surface area contributed by atoms with Gasteiger partial charge >= 0.3 is 5.97 Å². The molecule has 1 heterocycles. The number of carboxylic acids is 1. The number of carboxylic acid groups (broad SMARTS) is 1. The third-order valence-electron chi connectivity index (χ3n) is 2.87. The Balaban J connectivity index is 2.37. The minimum absolute atomic E-state index is 0.0258. The molecule has 0 aromatic carbocycles. The highest BCUT2D eigenvalue weighted by molar-refractivity contribution is 5.93. The molecule has 1 aliphatic heterocycles. The molecule has 0 unspecified atom stereocenters. The van der Waals surface area contributed by atoms with Crippen LogP contribution >= 0.6 is 0 Å². The second kappa shape index (κ2) is 6.22. The van der Waals surface area contributed by atoms with E-state index in [9.17, 15) is 14.4 Å². The summed E-state index contributed by atoms with van der Waals surface area (Å²) in [6, 6.07) is 0. The van der Waals surface area contributed by atoms with Crippen LogP contribution in [0.5, 0.6) is 0 Å². The number of nitrogens with one attached hydrogen (secondary N) is 1. The maximum Gasteiger partial charge on any atom is 0.312 e. The van der Waals surface area contributed by atoms with E-state index in [2.05, 4.69) is 5.32 Å². The molecular formula is C11H18N2O4. The van der Waals surface area contributed by atoms with Crippen molar-refractivity contribution >= 4 is 17.8 Å². The smallest absolute Gasteiger partial charge is 0.312 e. The molecular weight excluding hydrogens is 224 g/mol. The van der Waals surface area contributed by atoms with Gasteiger partial charge < -0.3 is 15.3 Å². The van der Waals surface area contributed by atoms with Gasteiger partial charge in [0.25, 0.3) is 0 Å². The minimum atomic E-state index is -1.11. The number of carbonyl (C=O) groups excluding carboxylic acids is 2. The van der Waals surface area contributed by atoms with Crippen molar-refractivity contribution in [2.24, 2.45) is 5.92 Å². The van der Waals surface area contributed by atoms with Crippen molar-refractivity contribution in [1.82, 2.24) is 10.2 Å². The minimum Gasteiger partial charge on any atom is -0.481 e. The summed E-state index contributed by atoms with van der Waals surface area (Å²) in [7, 11) is 0. The van der Waals surface area contributed by atoms with E-state index in [1.807, 2.05) is 6.92 Å². The molecule has 1 aliphatic rings. The van der Waals surface area contributed by atoms with E-state index in [-0.39, 0.29) is 17.7 Å². The average molecular weight is 242 g/mol. The van der Waals surface area contributed by atoms with Crippen molar-refractivity contribution in [3.05, 3.63) is 0 Å². The van der Waals surface area contributed by atoms with Crippen molar-refractivity contribution in [1.29, 1.82) is 0 Å². The van der Waals surface area contributed by atoms with E-state index < -0.39 is 12.4 Å². The molecule has 6 heteroatoms. The van der Waals surface area contributed by atoms with Crippen LogP contribution in [0.15, 0.2) is 0 Å². The van der Waals surface area contributed by atoms with E-state index >= 15 is 0 Å². The van der Waals surface area contributed by atoms with Crippen molar-refractivity contribution < 1.29 is 19.5 Å². The number of rotatable bonds is 4. The third kappa shape index (κ3) is 4.05.